The predicted molar refractivity (Wildman–Crippen MR) is 91.0 cm³/mol. The van der Waals surface area contributed by atoms with Crippen LogP contribution in [0.15, 0.2) is 34.5 Å². The Morgan fingerprint density at radius 2 is 2.04 bits per heavy atom. The molecule has 1 aliphatic heterocycles. The molecule has 1 atom stereocenters. The number of thiophene rings is 1. The summed E-state index contributed by atoms with van der Waals surface area (Å²) in [4.78, 5) is 13.3. The van der Waals surface area contributed by atoms with Crippen LogP contribution in [0.3, 0.4) is 0 Å². The monoisotopic (exact) mass is 386 g/mol. The van der Waals surface area contributed by atoms with Crippen molar-refractivity contribution in [3.05, 3.63) is 46.8 Å². The molecule has 2 aromatic rings. The Kier molecular flexibility index (Phi) is 4.90. The van der Waals surface area contributed by atoms with Crippen LogP contribution in [0.5, 0.6) is 0 Å². The lowest BCUT2D eigenvalue weighted by Gasteiger charge is -2.22. The minimum Gasteiger partial charge on any atom is -0.322 e. The molecule has 1 fully saturated rings. The second kappa shape index (κ2) is 6.81. The molecule has 1 amide bonds. The normalized spacial score (nSPS) is 18.4. The Labute approximate surface area is 148 Å². The summed E-state index contributed by atoms with van der Waals surface area (Å²) in [7, 11) is -3.78. The lowest BCUT2D eigenvalue weighted by Crippen LogP contribution is -2.43. The zero-order valence-corrected chi connectivity index (χ0v) is 15.0. The standard InChI is InChI=1S/C16H16F2N2O3S2/c1-10-4-7-15(24-10)25(22,23)20-8-2-3-14(20)16(21)19-13-6-5-11(17)9-12(13)18/h4-7,9,14H,2-3,8H2,1H3,(H,19,21). The quantitative estimate of drug-likeness (QED) is 0.878. The second-order valence-electron chi connectivity index (χ2n) is 5.75. The molecule has 134 valence electrons. The van der Waals surface area contributed by atoms with E-state index in [-0.39, 0.29) is 16.4 Å². The molecule has 1 aromatic carbocycles. The number of nitrogens with one attached hydrogen (secondary N) is 1. The largest absolute Gasteiger partial charge is 0.322 e. The van der Waals surface area contributed by atoms with Crippen LogP contribution in [-0.4, -0.2) is 31.2 Å². The summed E-state index contributed by atoms with van der Waals surface area (Å²) in [6, 6.07) is 5.10. The molecule has 0 radical (unpaired) electrons. The molecule has 0 bridgehead atoms. The van der Waals surface area contributed by atoms with Crippen LogP contribution in [0, 0.1) is 18.6 Å². The second-order valence-corrected chi connectivity index (χ2v) is 9.16. The maximum Gasteiger partial charge on any atom is 0.253 e. The van der Waals surface area contributed by atoms with Crippen LogP contribution < -0.4 is 5.32 Å². The third-order valence-corrected chi connectivity index (χ3v) is 7.35. The highest BCUT2D eigenvalue weighted by Crippen LogP contribution is 2.30. The van der Waals surface area contributed by atoms with Gasteiger partial charge >= 0.3 is 0 Å². The van der Waals surface area contributed by atoms with E-state index in [2.05, 4.69) is 5.32 Å². The van der Waals surface area contributed by atoms with Crippen molar-refractivity contribution < 1.29 is 22.0 Å². The Bertz CT molecular complexity index is 912. The Morgan fingerprint density at radius 1 is 1.28 bits per heavy atom. The van der Waals surface area contributed by atoms with Gasteiger partial charge in [0, 0.05) is 17.5 Å². The smallest absolute Gasteiger partial charge is 0.253 e. The Balaban J connectivity index is 1.82. The number of nitrogens with zero attached hydrogens (tertiary/aromatic N) is 1. The van der Waals surface area contributed by atoms with Crippen LogP contribution in [0.2, 0.25) is 0 Å². The fourth-order valence-corrected chi connectivity index (χ4v) is 5.83. The zero-order valence-electron chi connectivity index (χ0n) is 13.3. The van der Waals surface area contributed by atoms with Crippen molar-refractivity contribution in [1.29, 1.82) is 0 Å². The van der Waals surface area contributed by atoms with Crippen LogP contribution in [0.1, 0.15) is 17.7 Å². The number of aryl methyl sites for hydroxylation is 1. The molecule has 1 aliphatic rings. The molecule has 1 N–H and O–H groups in total. The molecule has 1 unspecified atom stereocenters. The van der Waals surface area contributed by atoms with E-state index in [1.807, 2.05) is 0 Å². The summed E-state index contributed by atoms with van der Waals surface area (Å²) >= 11 is 1.14. The molecule has 2 heterocycles. The summed E-state index contributed by atoms with van der Waals surface area (Å²) in [5.74, 6) is -2.29. The average molecular weight is 386 g/mol. The van der Waals surface area contributed by atoms with Gasteiger partial charge in [0.15, 0.2) is 0 Å². The van der Waals surface area contributed by atoms with E-state index in [0.717, 1.165) is 32.7 Å². The fourth-order valence-electron chi connectivity index (χ4n) is 2.76. The molecule has 0 saturated carbocycles. The summed E-state index contributed by atoms with van der Waals surface area (Å²) in [6.45, 7) is 2.03. The van der Waals surface area contributed by atoms with E-state index in [1.165, 1.54) is 6.07 Å². The first-order valence-corrected chi connectivity index (χ1v) is 9.89. The van der Waals surface area contributed by atoms with Crippen LogP contribution in [-0.2, 0) is 14.8 Å². The summed E-state index contributed by atoms with van der Waals surface area (Å²) in [5, 5.41) is 2.35. The third kappa shape index (κ3) is 3.58. The molecule has 9 heteroatoms. The molecule has 3 rings (SSSR count). The molecule has 0 aliphatic carbocycles. The summed E-state index contributed by atoms with van der Waals surface area (Å²) in [6.07, 6.45) is 0.881. The van der Waals surface area contributed by atoms with Crippen LogP contribution in [0.4, 0.5) is 14.5 Å². The van der Waals surface area contributed by atoms with Crippen molar-refractivity contribution in [2.45, 2.75) is 30.0 Å². The molecular formula is C16H16F2N2O3S2. The van der Waals surface area contributed by atoms with Gasteiger partial charge in [-0.05, 0) is 44.0 Å². The highest BCUT2D eigenvalue weighted by Gasteiger charge is 2.40. The number of carbonyl (C=O) groups excluding carboxylic acids is 1. The van der Waals surface area contributed by atoms with Crippen molar-refractivity contribution in [3.8, 4) is 0 Å². The number of rotatable bonds is 4. The maximum absolute atomic E-state index is 13.7. The third-order valence-electron chi connectivity index (χ3n) is 3.97. The minimum absolute atomic E-state index is 0.178. The SMILES string of the molecule is Cc1ccc(S(=O)(=O)N2CCCC2C(=O)Nc2ccc(F)cc2F)s1. The number of sulfonamides is 1. The average Bonchev–Trinajstić information content (AvgIpc) is 3.19. The number of carbonyl (C=O) groups is 1. The maximum atomic E-state index is 13.7. The van der Waals surface area contributed by atoms with Gasteiger partial charge in [-0.3, -0.25) is 4.79 Å². The Hall–Kier alpha value is -1.84. The van der Waals surface area contributed by atoms with Gasteiger partial charge in [-0.25, -0.2) is 17.2 Å². The van der Waals surface area contributed by atoms with Crippen molar-refractivity contribution in [2.75, 3.05) is 11.9 Å². The van der Waals surface area contributed by atoms with E-state index < -0.39 is 33.6 Å². The van der Waals surface area contributed by atoms with Crippen LogP contribution >= 0.6 is 11.3 Å². The Morgan fingerprint density at radius 3 is 2.68 bits per heavy atom. The van der Waals surface area contributed by atoms with Gasteiger partial charge in [-0.2, -0.15) is 4.31 Å². The van der Waals surface area contributed by atoms with E-state index in [1.54, 1.807) is 13.0 Å². The number of amides is 1. The van der Waals surface area contributed by atoms with E-state index >= 15 is 0 Å². The van der Waals surface area contributed by atoms with Crippen molar-refractivity contribution in [2.24, 2.45) is 0 Å². The number of halogens is 2. The molecule has 1 aromatic heterocycles. The summed E-state index contributed by atoms with van der Waals surface area (Å²) < 4.78 is 53.5. The number of hydrogen-bond acceptors (Lipinski definition) is 4. The van der Waals surface area contributed by atoms with E-state index in [4.69, 9.17) is 0 Å². The van der Waals surface area contributed by atoms with E-state index in [9.17, 15) is 22.0 Å². The van der Waals surface area contributed by atoms with Crippen molar-refractivity contribution in [1.82, 2.24) is 4.31 Å². The highest BCUT2D eigenvalue weighted by atomic mass is 32.2. The lowest BCUT2D eigenvalue weighted by molar-refractivity contribution is -0.119. The first-order chi connectivity index (χ1) is 11.8. The van der Waals surface area contributed by atoms with Crippen LogP contribution in [0.25, 0.3) is 0 Å². The van der Waals surface area contributed by atoms with E-state index in [0.29, 0.717) is 18.9 Å². The molecular weight excluding hydrogens is 370 g/mol. The summed E-state index contributed by atoms with van der Waals surface area (Å²) in [5.41, 5.74) is -0.178. The predicted octanol–water partition coefficient (Wildman–Crippen LogP) is 3.13. The molecule has 0 spiro atoms. The van der Waals surface area contributed by atoms with Crippen molar-refractivity contribution >= 4 is 33.0 Å². The number of benzene rings is 1. The topological polar surface area (TPSA) is 66.5 Å². The molecule has 1 saturated heterocycles. The van der Waals surface area contributed by atoms with Gasteiger partial charge in [-0.1, -0.05) is 0 Å². The van der Waals surface area contributed by atoms with Gasteiger partial charge in [0.1, 0.15) is 21.9 Å². The number of anilines is 1. The first kappa shape index (κ1) is 18.0. The minimum atomic E-state index is -3.78. The first-order valence-electron chi connectivity index (χ1n) is 7.63. The van der Waals surface area contributed by atoms with Gasteiger partial charge < -0.3 is 5.32 Å². The van der Waals surface area contributed by atoms with Gasteiger partial charge in [-0.15, -0.1) is 11.3 Å². The van der Waals surface area contributed by atoms with Crippen molar-refractivity contribution in [3.63, 3.8) is 0 Å². The lowest BCUT2D eigenvalue weighted by atomic mass is 10.2. The van der Waals surface area contributed by atoms with Gasteiger partial charge in [0.2, 0.25) is 5.91 Å². The molecule has 5 nitrogen and oxygen atoms in total. The molecule has 25 heavy (non-hydrogen) atoms. The zero-order chi connectivity index (χ0) is 18.2. The van der Waals surface area contributed by atoms with Gasteiger partial charge in [0.25, 0.3) is 10.0 Å². The highest BCUT2D eigenvalue weighted by molar-refractivity contribution is 7.91. The van der Waals surface area contributed by atoms with Gasteiger partial charge in [0.05, 0.1) is 5.69 Å². The fraction of sp³-hybridized carbons (Fsp3) is 0.312. The number of hydrogen-bond donors (Lipinski definition) is 1.